The Morgan fingerprint density at radius 3 is 1.29 bits per heavy atom. The van der Waals surface area contributed by atoms with Gasteiger partial charge in [-0.25, -0.2) is 0 Å². The Balaban J connectivity index is 0.972. The predicted octanol–water partition coefficient (Wildman–Crippen LogP) is 18.3. The van der Waals surface area contributed by atoms with Crippen LogP contribution in [0, 0.1) is 0 Å². The van der Waals surface area contributed by atoms with Crippen LogP contribution in [0.4, 0.5) is 0 Å². The molecule has 320 valence electrons. The smallest absolute Gasteiger partial charge is 0.143 e. The van der Waals surface area contributed by atoms with Crippen molar-refractivity contribution in [2.75, 3.05) is 0 Å². The monoisotopic (exact) mass is 868 g/mol. The number of fused-ring (bicyclic) bond motifs is 13. The van der Waals surface area contributed by atoms with E-state index in [1.165, 1.54) is 83.1 Å². The van der Waals surface area contributed by atoms with Crippen LogP contribution in [0.1, 0.15) is 47.6 Å². The largest absolute Gasteiger partial charge is 0.455 e. The van der Waals surface area contributed by atoms with Crippen LogP contribution in [0.2, 0.25) is 0 Å². The highest BCUT2D eigenvalue weighted by atomic mass is 16.3. The van der Waals surface area contributed by atoms with Gasteiger partial charge in [-0.3, -0.25) is 0 Å². The van der Waals surface area contributed by atoms with Crippen LogP contribution >= 0.6 is 0 Å². The first-order chi connectivity index (χ1) is 33.5. The maximum absolute atomic E-state index is 6.55. The zero-order valence-electron chi connectivity index (χ0n) is 37.8. The lowest BCUT2D eigenvalue weighted by atomic mass is 9.78. The van der Waals surface area contributed by atoms with E-state index in [2.05, 4.69) is 226 Å². The normalized spacial score (nSPS) is 13.1. The number of para-hydroxylation sites is 2. The van der Waals surface area contributed by atoms with Gasteiger partial charge in [0, 0.05) is 43.7 Å². The van der Waals surface area contributed by atoms with E-state index >= 15 is 0 Å². The molecule has 11 aromatic carbocycles. The highest BCUT2D eigenvalue weighted by Gasteiger charge is 2.36. The Kier molecular flexibility index (Phi) is 8.42. The van der Waals surface area contributed by atoms with Gasteiger partial charge in [0.25, 0.3) is 0 Å². The molecule has 14 rings (SSSR count). The van der Waals surface area contributed by atoms with Gasteiger partial charge in [0.15, 0.2) is 0 Å². The van der Waals surface area contributed by atoms with Crippen molar-refractivity contribution < 1.29 is 8.83 Å². The number of benzene rings is 11. The van der Waals surface area contributed by atoms with Crippen LogP contribution in [0.5, 0.6) is 0 Å². The molecule has 68 heavy (non-hydrogen) atoms. The van der Waals surface area contributed by atoms with E-state index in [0.29, 0.717) is 0 Å². The van der Waals surface area contributed by atoms with E-state index in [1.54, 1.807) is 0 Å². The molecule has 0 amide bonds. The average Bonchev–Trinajstić information content (AvgIpc) is 4.04. The predicted molar refractivity (Wildman–Crippen MR) is 284 cm³/mol. The fourth-order valence-corrected chi connectivity index (χ4v) is 11.7. The Labute approximate surface area is 394 Å². The van der Waals surface area contributed by atoms with Gasteiger partial charge in [-0.15, -0.1) is 0 Å². The minimum Gasteiger partial charge on any atom is -0.455 e. The van der Waals surface area contributed by atoms with Crippen molar-refractivity contribution in [2.45, 2.75) is 25.2 Å². The second-order valence-corrected chi connectivity index (χ2v) is 19.1. The zero-order chi connectivity index (χ0) is 45.1. The van der Waals surface area contributed by atoms with Gasteiger partial charge >= 0.3 is 0 Å². The van der Waals surface area contributed by atoms with Gasteiger partial charge in [-0.05, 0) is 113 Å². The molecule has 0 radical (unpaired) electrons. The van der Waals surface area contributed by atoms with Gasteiger partial charge < -0.3 is 8.83 Å². The third kappa shape index (κ3) is 5.84. The molecule has 2 nitrogen and oxygen atoms in total. The molecule has 1 aliphatic rings. The summed E-state index contributed by atoms with van der Waals surface area (Å²) < 4.78 is 13.1. The fourth-order valence-electron chi connectivity index (χ4n) is 11.7. The molecular formula is C66H44O2. The Morgan fingerprint density at radius 1 is 0.294 bits per heavy atom. The van der Waals surface area contributed by atoms with Crippen LogP contribution in [0.15, 0.2) is 233 Å². The molecule has 0 aliphatic heterocycles. The lowest BCUT2D eigenvalue weighted by Crippen LogP contribution is -2.16. The lowest BCUT2D eigenvalue weighted by molar-refractivity contribution is 0.659. The van der Waals surface area contributed by atoms with E-state index in [4.69, 9.17) is 8.83 Å². The minimum atomic E-state index is -0.205. The summed E-state index contributed by atoms with van der Waals surface area (Å²) in [5, 5.41) is 9.13. The molecule has 2 aromatic heterocycles. The van der Waals surface area contributed by atoms with Crippen molar-refractivity contribution in [3.63, 3.8) is 0 Å². The van der Waals surface area contributed by atoms with Crippen molar-refractivity contribution in [3.05, 3.63) is 252 Å². The Bertz CT molecular complexity index is 3980. The van der Waals surface area contributed by atoms with Crippen molar-refractivity contribution in [1.82, 2.24) is 0 Å². The second-order valence-electron chi connectivity index (χ2n) is 19.1. The van der Waals surface area contributed by atoms with Gasteiger partial charge in [-0.1, -0.05) is 208 Å². The van der Waals surface area contributed by atoms with E-state index in [9.17, 15) is 0 Å². The van der Waals surface area contributed by atoms with E-state index in [-0.39, 0.29) is 11.3 Å². The van der Waals surface area contributed by atoms with E-state index < -0.39 is 0 Å². The highest BCUT2D eigenvalue weighted by Crippen LogP contribution is 2.52. The lowest BCUT2D eigenvalue weighted by Gasteiger charge is -2.25. The summed E-state index contributed by atoms with van der Waals surface area (Å²) in [5.41, 5.74) is 19.8. The van der Waals surface area contributed by atoms with Crippen molar-refractivity contribution in [1.29, 1.82) is 0 Å². The fraction of sp³-hybridized carbons (Fsp3) is 0.0606. The second kappa shape index (κ2) is 14.8. The van der Waals surface area contributed by atoms with Crippen LogP contribution < -0.4 is 0 Å². The summed E-state index contributed by atoms with van der Waals surface area (Å²) in [6.45, 7) is 4.79. The molecule has 0 spiro atoms. The number of furan rings is 2. The topological polar surface area (TPSA) is 26.3 Å². The molecule has 1 aliphatic carbocycles. The summed E-state index contributed by atoms with van der Waals surface area (Å²) in [6, 6.07) is 82.5. The Morgan fingerprint density at radius 2 is 0.735 bits per heavy atom. The number of hydrogen-bond acceptors (Lipinski definition) is 2. The molecule has 0 N–H and O–H groups in total. The minimum absolute atomic E-state index is 0.0749. The van der Waals surface area contributed by atoms with Gasteiger partial charge in [-0.2, -0.15) is 0 Å². The van der Waals surface area contributed by atoms with E-state index in [0.717, 1.165) is 54.6 Å². The van der Waals surface area contributed by atoms with Crippen LogP contribution in [-0.4, -0.2) is 0 Å². The number of hydrogen-bond donors (Lipinski definition) is 0. The van der Waals surface area contributed by atoms with Crippen LogP contribution in [0.3, 0.4) is 0 Å². The summed E-state index contributed by atoms with van der Waals surface area (Å²) in [7, 11) is 0. The van der Waals surface area contributed by atoms with Crippen LogP contribution in [-0.2, 0) is 5.41 Å². The van der Waals surface area contributed by atoms with Gasteiger partial charge in [0.1, 0.15) is 22.3 Å². The maximum Gasteiger partial charge on any atom is 0.143 e. The Hall–Kier alpha value is -8.46. The van der Waals surface area contributed by atoms with Crippen molar-refractivity contribution in [3.8, 4) is 44.5 Å². The SMILES string of the molecule is CC1(C)c2cc(-c3ccccc3)ccc2-c2ccc(C(c3cccc(-c4cc5c6ccccc6oc5c5ccccc45)c3)c3cccc(-c4cc5c6ccccc6oc5c5ccccc45)c3)cc21. The number of rotatable bonds is 6. The maximum atomic E-state index is 6.55. The molecule has 0 saturated heterocycles. The molecule has 13 aromatic rings. The van der Waals surface area contributed by atoms with Crippen LogP contribution in [0.25, 0.3) is 110 Å². The van der Waals surface area contributed by atoms with Crippen molar-refractivity contribution in [2.24, 2.45) is 0 Å². The first kappa shape index (κ1) is 38.8. The third-order valence-corrected chi connectivity index (χ3v) is 15.0. The summed E-state index contributed by atoms with van der Waals surface area (Å²) >= 11 is 0. The average molecular weight is 869 g/mol. The third-order valence-electron chi connectivity index (χ3n) is 15.0. The van der Waals surface area contributed by atoms with Gasteiger partial charge in [0.2, 0.25) is 0 Å². The molecule has 2 heteroatoms. The van der Waals surface area contributed by atoms with Gasteiger partial charge in [0.05, 0.1) is 0 Å². The summed E-state index contributed by atoms with van der Waals surface area (Å²) in [6.07, 6.45) is 0. The first-order valence-electron chi connectivity index (χ1n) is 23.7. The summed E-state index contributed by atoms with van der Waals surface area (Å²) in [4.78, 5) is 0. The molecular weight excluding hydrogens is 825 g/mol. The standard InChI is InChI=1S/C66H44O2/c1-66(2)59-36-41(40-16-4-3-5-17-40)30-32-49(59)50-33-31-46(37-60(50)66)63(44-20-14-18-42(34-44)55-38-57-51-24-10-12-28-61(51)67-64(57)53-26-8-6-22-47(53)55)45-21-15-19-43(35-45)56-39-58-52-25-11-13-29-62(52)68-65(58)54-27-9-7-23-48(54)56/h3-39,63H,1-2H3. The van der Waals surface area contributed by atoms with Crippen molar-refractivity contribution >= 4 is 65.4 Å². The first-order valence-corrected chi connectivity index (χ1v) is 23.7. The van der Waals surface area contributed by atoms with E-state index in [1.807, 2.05) is 12.1 Å². The quantitative estimate of drug-likeness (QED) is 0.156. The molecule has 0 atom stereocenters. The molecule has 2 heterocycles. The molecule has 0 fully saturated rings. The molecule has 0 unspecified atom stereocenters. The molecule has 0 saturated carbocycles. The zero-order valence-corrected chi connectivity index (χ0v) is 37.8. The summed E-state index contributed by atoms with van der Waals surface area (Å²) in [5.74, 6) is -0.0749. The molecule has 0 bridgehead atoms. The highest BCUT2D eigenvalue weighted by molar-refractivity contribution is 6.20.